The number of hydrogen-bond acceptors (Lipinski definition) is 4. The molecule has 0 atom stereocenters. The van der Waals surface area contributed by atoms with Gasteiger partial charge in [0.1, 0.15) is 19.1 Å². The van der Waals surface area contributed by atoms with Crippen LogP contribution in [0.3, 0.4) is 0 Å². The van der Waals surface area contributed by atoms with E-state index in [9.17, 15) is 8.42 Å². The summed E-state index contributed by atoms with van der Waals surface area (Å²) in [4.78, 5) is 0. The van der Waals surface area contributed by atoms with Gasteiger partial charge in [-0.05, 0) is 0 Å². The van der Waals surface area contributed by atoms with Crippen LogP contribution in [0.4, 0.5) is 0 Å². The Kier molecular flexibility index (Phi) is 4.08. The van der Waals surface area contributed by atoms with Crippen LogP contribution >= 0.6 is 0 Å². The van der Waals surface area contributed by atoms with Gasteiger partial charge in [-0.2, -0.15) is 8.42 Å². The van der Waals surface area contributed by atoms with Crippen molar-refractivity contribution in [2.24, 2.45) is 11.5 Å². The van der Waals surface area contributed by atoms with Crippen molar-refractivity contribution in [2.45, 2.75) is 0 Å². The predicted molar refractivity (Wildman–Crippen MR) is 45.6 cm³/mol. The first-order valence-electron chi connectivity index (χ1n) is 3.52. The van der Waals surface area contributed by atoms with E-state index < -0.39 is 10.1 Å². The fourth-order valence-electron chi connectivity index (χ4n) is 0.593. The van der Waals surface area contributed by atoms with Crippen LogP contribution in [0.2, 0.25) is 0 Å². The van der Waals surface area contributed by atoms with Crippen LogP contribution in [0.5, 0.6) is 0 Å². The molecule has 5 N–H and O–H groups in total. The average Bonchev–Trinajstić information content (AvgIpc) is 1.99. The molecule has 0 aromatic rings. The van der Waals surface area contributed by atoms with Crippen molar-refractivity contribution in [3.8, 4) is 0 Å². The maximum Gasteiger partial charge on any atom is 0.270 e. The monoisotopic (exact) mass is 198 g/mol. The van der Waals surface area contributed by atoms with Gasteiger partial charge in [-0.25, -0.2) is 0 Å². The highest BCUT2D eigenvalue weighted by Gasteiger charge is 2.20. The van der Waals surface area contributed by atoms with Gasteiger partial charge < -0.3 is 4.48 Å². The first-order valence-corrected chi connectivity index (χ1v) is 5.13. The molecular weight excluding hydrogens is 182 g/mol. The van der Waals surface area contributed by atoms with Gasteiger partial charge in [0.25, 0.3) is 10.1 Å². The number of hydrogen-bond donors (Lipinski definition) is 3. The van der Waals surface area contributed by atoms with Crippen molar-refractivity contribution >= 4 is 10.1 Å². The molecule has 0 rings (SSSR count). The summed E-state index contributed by atoms with van der Waals surface area (Å²) in [5, 5.41) is 0. The minimum absolute atomic E-state index is 0.228. The van der Waals surface area contributed by atoms with Crippen LogP contribution in [-0.2, 0) is 10.1 Å². The maximum atomic E-state index is 10.4. The maximum absolute atomic E-state index is 10.4. The van der Waals surface area contributed by atoms with E-state index in [-0.39, 0.29) is 30.1 Å². The van der Waals surface area contributed by atoms with Crippen LogP contribution in [0, 0.1) is 0 Å². The first kappa shape index (κ1) is 11.8. The largest absolute Gasteiger partial charge is 0.301 e. The van der Waals surface area contributed by atoms with E-state index in [1.54, 1.807) is 7.05 Å². The zero-order valence-electron chi connectivity index (χ0n) is 7.10. The lowest BCUT2D eigenvalue weighted by Crippen LogP contribution is -2.53. The molecule has 0 saturated carbocycles. The summed E-state index contributed by atoms with van der Waals surface area (Å²) in [7, 11) is -2.18. The summed E-state index contributed by atoms with van der Waals surface area (Å²) in [5.74, 6) is -0.308. The van der Waals surface area contributed by atoms with Crippen LogP contribution in [-0.4, -0.2) is 50.1 Å². The van der Waals surface area contributed by atoms with Crippen LogP contribution in [0.15, 0.2) is 0 Å². The van der Waals surface area contributed by atoms with Gasteiger partial charge in [-0.1, -0.05) is 0 Å². The highest BCUT2D eigenvalue weighted by atomic mass is 32.2. The minimum atomic E-state index is -3.90. The summed E-state index contributed by atoms with van der Waals surface area (Å²) in [6.45, 7) is 0.740. The molecule has 0 aliphatic carbocycles. The van der Waals surface area contributed by atoms with Gasteiger partial charge in [-0.3, -0.25) is 16.0 Å². The van der Waals surface area contributed by atoms with Crippen molar-refractivity contribution in [3.05, 3.63) is 0 Å². The topological polar surface area (TPSA) is 106 Å². The molecule has 74 valence electrons. The smallest absolute Gasteiger partial charge is 0.270 e. The van der Waals surface area contributed by atoms with E-state index in [1.807, 2.05) is 0 Å². The van der Waals surface area contributed by atoms with Gasteiger partial charge in [0.05, 0.1) is 13.6 Å². The van der Waals surface area contributed by atoms with E-state index in [2.05, 4.69) is 0 Å². The summed E-state index contributed by atoms with van der Waals surface area (Å²) in [6, 6.07) is 0. The lowest BCUT2D eigenvalue weighted by atomic mass is 10.5. The molecule has 0 unspecified atom stereocenters. The Balaban J connectivity index is 4.07. The molecule has 0 radical (unpaired) electrons. The molecule has 7 heteroatoms. The summed E-state index contributed by atoms with van der Waals surface area (Å²) >= 11 is 0. The molecule has 0 bridgehead atoms. The third kappa shape index (κ3) is 4.62. The molecule has 0 spiro atoms. The summed E-state index contributed by atoms with van der Waals surface area (Å²) < 4.78 is 29.4. The average molecular weight is 198 g/mol. The highest BCUT2D eigenvalue weighted by Crippen LogP contribution is 1.96. The third-order valence-electron chi connectivity index (χ3n) is 1.77. The number of nitrogens with two attached hydrogens (primary N) is 2. The zero-order chi connectivity index (χ0) is 9.83. The van der Waals surface area contributed by atoms with E-state index in [0.29, 0.717) is 0 Å². The lowest BCUT2D eigenvalue weighted by molar-refractivity contribution is -0.906. The third-order valence-corrected chi connectivity index (χ3v) is 2.47. The van der Waals surface area contributed by atoms with Gasteiger partial charge >= 0.3 is 0 Å². The predicted octanol–water partition coefficient (Wildman–Crippen LogP) is -1.85. The Hall–Kier alpha value is -0.210. The van der Waals surface area contributed by atoms with E-state index in [0.717, 1.165) is 0 Å². The van der Waals surface area contributed by atoms with Gasteiger partial charge in [-0.15, -0.1) is 0 Å². The van der Waals surface area contributed by atoms with Crippen molar-refractivity contribution in [2.75, 3.05) is 32.7 Å². The fraction of sp³-hybridized carbons (Fsp3) is 1.00. The van der Waals surface area contributed by atoms with Crippen LogP contribution in [0.25, 0.3) is 0 Å². The summed E-state index contributed by atoms with van der Waals surface area (Å²) in [6.07, 6.45) is 0. The first-order chi connectivity index (χ1) is 5.33. The molecule has 12 heavy (non-hydrogen) atoms. The zero-order valence-corrected chi connectivity index (χ0v) is 7.92. The minimum Gasteiger partial charge on any atom is -0.301 e. The van der Waals surface area contributed by atoms with E-state index in [4.69, 9.17) is 16.0 Å². The molecule has 0 heterocycles. The normalized spacial score (nSPS) is 13.3. The Morgan fingerprint density at radius 1 is 1.33 bits per heavy atom. The lowest BCUT2D eigenvalue weighted by Gasteiger charge is -2.30. The molecule has 0 saturated heterocycles. The van der Waals surface area contributed by atoms with Gasteiger partial charge in [0.15, 0.2) is 0 Å². The SMILES string of the molecule is C[N+](CN)(CN)CCS(=O)(=O)O. The van der Waals surface area contributed by atoms with Gasteiger partial charge in [0, 0.05) is 0 Å². The van der Waals surface area contributed by atoms with Crippen molar-refractivity contribution in [1.82, 2.24) is 0 Å². The highest BCUT2D eigenvalue weighted by molar-refractivity contribution is 7.85. The Bertz CT molecular complexity index is 222. The molecule has 0 aromatic heterocycles. The molecule has 0 aromatic carbocycles. The summed E-state index contributed by atoms with van der Waals surface area (Å²) in [5.41, 5.74) is 10.7. The molecule has 0 amide bonds. The molecular formula is C5H16N3O3S+. The van der Waals surface area contributed by atoms with Crippen LogP contribution in [0.1, 0.15) is 0 Å². The molecule has 6 nitrogen and oxygen atoms in total. The van der Waals surface area contributed by atoms with Gasteiger partial charge in [0.2, 0.25) is 0 Å². The van der Waals surface area contributed by atoms with Crippen molar-refractivity contribution in [3.63, 3.8) is 0 Å². The van der Waals surface area contributed by atoms with E-state index in [1.165, 1.54) is 0 Å². The van der Waals surface area contributed by atoms with Crippen molar-refractivity contribution in [1.29, 1.82) is 0 Å². The molecule has 0 aliphatic heterocycles. The number of nitrogens with zero attached hydrogens (tertiary/aromatic N) is 1. The Labute approximate surface area is 72.5 Å². The number of rotatable bonds is 5. The molecule has 0 fully saturated rings. The van der Waals surface area contributed by atoms with Crippen LogP contribution < -0.4 is 11.5 Å². The second-order valence-corrected chi connectivity index (χ2v) is 4.57. The van der Waals surface area contributed by atoms with E-state index >= 15 is 0 Å². The standard InChI is InChI=1S/C5H15N3O3S/c1-8(4-6,5-7)2-3-12(9,10)11/h2-7H2,1H3/p+1. The molecule has 0 aliphatic rings. The Morgan fingerprint density at radius 3 is 2.00 bits per heavy atom. The number of quaternary nitrogens is 1. The quantitative estimate of drug-likeness (QED) is 0.273. The second-order valence-electron chi connectivity index (χ2n) is 2.99. The fourth-order valence-corrected chi connectivity index (χ4v) is 1.26. The van der Waals surface area contributed by atoms with Crippen molar-refractivity contribution < 1.29 is 17.5 Å². The second kappa shape index (κ2) is 4.15. The Morgan fingerprint density at radius 2 is 1.75 bits per heavy atom.